The van der Waals surface area contributed by atoms with Crippen molar-refractivity contribution in [3.05, 3.63) is 18.7 Å². The number of rotatable bonds is 1. The Hall–Kier alpha value is -1.32. The number of hydrogen-bond donors (Lipinski definition) is 0. The first kappa shape index (κ1) is 11.7. The van der Waals surface area contributed by atoms with Crippen LogP contribution in [0.25, 0.3) is 0 Å². The second-order valence-corrected chi connectivity index (χ2v) is 3.55. The lowest BCUT2D eigenvalue weighted by molar-refractivity contribution is -0.138. The molecule has 0 aliphatic rings. The molecule has 0 atom stereocenters. The number of carbonyl (C=O) groups excluding carboxylic acids is 1. The first-order chi connectivity index (χ1) is 5.95. The van der Waals surface area contributed by atoms with Gasteiger partial charge in [-0.15, -0.1) is 0 Å². The fourth-order valence-electron chi connectivity index (χ4n) is 0.470. The van der Waals surface area contributed by atoms with E-state index in [4.69, 9.17) is 0 Å². The van der Waals surface area contributed by atoms with E-state index >= 15 is 0 Å². The number of nitrogens with zero attached hydrogens (tertiary/aromatic N) is 2. The van der Waals surface area contributed by atoms with E-state index in [2.05, 4.69) is 9.72 Å². The van der Waals surface area contributed by atoms with E-state index < -0.39 is 0 Å². The number of aromatic nitrogens is 2. The molecule has 74 valence electrons. The highest BCUT2D eigenvalue weighted by atomic mass is 16.5. The molecule has 0 amide bonds. The molecule has 13 heavy (non-hydrogen) atoms. The van der Waals surface area contributed by atoms with Gasteiger partial charge in [0.05, 0.1) is 6.33 Å². The molecule has 0 radical (unpaired) electrons. The van der Waals surface area contributed by atoms with E-state index in [-0.39, 0.29) is 5.60 Å². The Bertz CT molecular complexity index is 224. The summed E-state index contributed by atoms with van der Waals surface area (Å²) in [4.78, 5) is 13.4. The van der Waals surface area contributed by atoms with Crippen molar-refractivity contribution < 1.29 is 9.53 Å². The zero-order valence-corrected chi connectivity index (χ0v) is 8.52. The van der Waals surface area contributed by atoms with Crippen molar-refractivity contribution in [2.24, 2.45) is 7.05 Å². The SMILES string of the molecule is CC(C)(C)OC=O.Cn1ccnc1. The van der Waals surface area contributed by atoms with Gasteiger partial charge in [-0.25, -0.2) is 4.98 Å². The van der Waals surface area contributed by atoms with Gasteiger partial charge in [0.2, 0.25) is 0 Å². The first-order valence-corrected chi connectivity index (χ1v) is 3.99. The summed E-state index contributed by atoms with van der Waals surface area (Å²) in [7, 11) is 1.94. The Labute approximate surface area is 78.5 Å². The molecule has 0 aliphatic heterocycles. The maximum absolute atomic E-state index is 9.60. The molecule has 1 aromatic heterocycles. The molecule has 4 nitrogen and oxygen atoms in total. The fourth-order valence-corrected chi connectivity index (χ4v) is 0.470. The van der Waals surface area contributed by atoms with Crippen LogP contribution in [0.4, 0.5) is 0 Å². The highest BCUT2D eigenvalue weighted by molar-refractivity contribution is 5.37. The molecule has 1 rings (SSSR count). The monoisotopic (exact) mass is 184 g/mol. The van der Waals surface area contributed by atoms with Crippen molar-refractivity contribution in [2.75, 3.05) is 0 Å². The topological polar surface area (TPSA) is 44.1 Å². The van der Waals surface area contributed by atoms with Crippen molar-refractivity contribution in [2.45, 2.75) is 26.4 Å². The van der Waals surface area contributed by atoms with Gasteiger partial charge in [0.1, 0.15) is 5.60 Å². The van der Waals surface area contributed by atoms with E-state index in [0.717, 1.165) is 0 Å². The van der Waals surface area contributed by atoms with Crippen molar-refractivity contribution >= 4 is 6.47 Å². The Balaban J connectivity index is 0.000000223. The van der Waals surface area contributed by atoms with Crippen LogP contribution in [0.1, 0.15) is 20.8 Å². The van der Waals surface area contributed by atoms with Gasteiger partial charge in [0, 0.05) is 19.4 Å². The van der Waals surface area contributed by atoms with Gasteiger partial charge in [-0.05, 0) is 20.8 Å². The highest BCUT2D eigenvalue weighted by Crippen LogP contribution is 2.02. The standard InChI is InChI=1S/C5H10O2.C4H6N2/c1-5(2,3)7-4-6;1-6-3-2-5-4-6/h4H,1-3H3;2-4H,1H3. The fraction of sp³-hybridized carbons (Fsp3) is 0.556. The van der Waals surface area contributed by atoms with Crippen LogP contribution < -0.4 is 0 Å². The molecule has 1 heterocycles. The number of ether oxygens (including phenoxy) is 1. The van der Waals surface area contributed by atoms with Crippen molar-refractivity contribution in [3.8, 4) is 0 Å². The lowest BCUT2D eigenvalue weighted by Crippen LogP contribution is -2.17. The molecular formula is C9H16N2O2. The molecule has 0 bridgehead atoms. The van der Waals surface area contributed by atoms with Crippen LogP contribution in [0.5, 0.6) is 0 Å². The third-order valence-corrected chi connectivity index (χ3v) is 1.04. The van der Waals surface area contributed by atoms with E-state index in [1.165, 1.54) is 0 Å². The molecule has 1 aromatic rings. The van der Waals surface area contributed by atoms with Crippen LogP contribution in [0, 0.1) is 0 Å². The molecule has 0 fully saturated rings. The second-order valence-electron chi connectivity index (χ2n) is 3.55. The first-order valence-electron chi connectivity index (χ1n) is 3.99. The zero-order chi connectivity index (χ0) is 10.3. The lowest BCUT2D eigenvalue weighted by Gasteiger charge is -2.14. The van der Waals surface area contributed by atoms with Crippen LogP contribution >= 0.6 is 0 Å². The molecule has 0 spiro atoms. The van der Waals surface area contributed by atoms with E-state index in [1.807, 2.05) is 38.6 Å². The summed E-state index contributed by atoms with van der Waals surface area (Å²) >= 11 is 0. The number of aryl methyl sites for hydroxylation is 1. The van der Waals surface area contributed by atoms with E-state index in [1.54, 1.807) is 12.5 Å². The Kier molecular flexibility index (Phi) is 4.80. The number of hydrogen-bond acceptors (Lipinski definition) is 3. The van der Waals surface area contributed by atoms with Crippen LogP contribution in [0.15, 0.2) is 18.7 Å². The maximum atomic E-state index is 9.60. The van der Waals surface area contributed by atoms with Crippen molar-refractivity contribution in [1.82, 2.24) is 9.55 Å². The average molecular weight is 184 g/mol. The summed E-state index contributed by atoms with van der Waals surface area (Å²) in [5.41, 5.74) is -0.318. The van der Waals surface area contributed by atoms with Gasteiger partial charge in [0.25, 0.3) is 6.47 Å². The Morgan fingerprint density at radius 3 is 2.15 bits per heavy atom. The van der Waals surface area contributed by atoms with Gasteiger partial charge >= 0.3 is 0 Å². The molecule has 0 aromatic carbocycles. The lowest BCUT2D eigenvalue weighted by atomic mass is 10.2. The highest BCUT2D eigenvalue weighted by Gasteiger charge is 2.07. The van der Waals surface area contributed by atoms with E-state index in [9.17, 15) is 4.79 Å². The molecule has 4 heteroatoms. The van der Waals surface area contributed by atoms with Crippen molar-refractivity contribution in [1.29, 1.82) is 0 Å². The third kappa shape index (κ3) is 8.59. The van der Waals surface area contributed by atoms with Crippen LogP contribution in [-0.2, 0) is 16.6 Å². The van der Waals surface area contributed by atoms with Gasteiger partial charge in [-0.2, -0.15) is 0 Å². The predicted molar refractivity (Wildman–Crippen MR) is 50.1 cm³/mol. The van der Waals surface area contributed by atoms with Crippen LogP contribution in [0.2, 0.25) is 0 Å². The molecule has 0 saturated heterocycles. The summed E-state index contributed by atoms with van der Waals surface area (Å²) in [5, 5.41) is 0. The van der Waals surface area contributed by atoms with Crippen molar-refractivity contribution in [3.63, 3.8) is 0 Å². The summed E-state index contributed by atoms with van der Waals surface area (Å²) in [5.74, 6) is 0. The third-order valence-electron chi connectivity index (χ3n) is 1.04. The minimum atomic E-state index is -0.318. The predicted octanol–water partition coefficient (Wildman–Crippen LogP) is 1.38. The summed E-state index contributed by atoms with van der Waals surface area (Å²) in [6, 6.07) is 0. The maximum Gasteiger partial charge on any atom is 0.293 e. The molecule has 0 unspecified atom stereocenters. The van der Waals surface area contributed by atoms with Gasteiger partial charge < -0.3 is 9.30 Å². The number of imidazole rings is 1. The molecule has 0 aliphatic carbocycles. The van der Waals surface area contributed by atoms with Gasteiger partial charge in [0.15, 0.2) is 0 Å². The normalized spacial score (nSPS) is 9.85. The summed E-state index contributed by atoms with van der Waals surface area (Å²) in [6.07, 6.45) is 5.39. The smallest absolute Gasteiger partial charge is 0.293 e. The summed E-state index contributed by atoms with van der Waals surface area (Å²) in [6.45, 7) is 5.92. The van der Waals surface area contributed by atoms with Gasteiger partial charge in [-0.3, -0.25) is 4.79 Å². The average Bonchev–Trinajstić information content (AvgIpc) is 2.38. The Morgan fingerprint density at radius 1 is 1.46 bits per heavy atom. The zero-order valence-electron chi connectivity index (χ0n) is 8.52. The minimum absolute atomic E-state index is 0.318. The second kappa shape index (κ2) is 5.35. The van der Waals surface area contributed by atoms with Crippen LogP contribution in [-0.4, -0.2) is 21.6 Å². The largest absolute Gasteiger partial charge is 0.462 e. The number of carbonyl (C=O) groups is 1. The summed E-state index contributed by atoms with van der Waals surface area (Å²) < 4.78 is 6.44. The molecule has 0 N–H and O–H groups in total. The van der Waals surface area contributed by atoms with Crippen LogP contribution in [0.3, 0.4) is 0 Å². The van der Waals surface area contributed by atoms with E-state index in [0.29, 0.717) is 6.47 Å². The minimum Gasteiger partial charge on any atom is -0.462 e. The quantitative estimate of drug-likeness (QED) is 0.619. The molecule has 0 saturated carbocycles. The molecular weight excluding hydrogens is 168 g/mol. The Morgan fingerprint density at radius 2 is 2.08 bits per heavy atom. The van der Waals surface area contributed by atoms with Gasteiger partial charge in [-0.1, -0.05) is 0 Å².